The van der Waals surface area contributed by atoms with Crippen molar-refractivity contribution in [2.24, 2.45) is 0 Å². The molecule has 3 atom stereocenters. The molecule has 0 radical (unpaired) electrons. The van der Waals surface area contributed by atoms with Gasteiger partial charge in [0.15, 0.2) is 5.82 Å². The van der Waals surface area contributed by atoms with Crippen LogP contribution in [-0.2, 0) is 0 Å². The molecule has 2 unspecified atom stereocenters. The van der Waals surface area contributed by atoms with E-state index in [1.54, 1.807) is 6.20 Å². The van der Waals surface area contributed by atoms with Crippen molar-refractivity contribution in [2.45, 2.75) is 50.7 Å². The van der Waals surface area contributed by atoms with Crippen LogP contribution in [-0.4, -0.2) is 66.3 Å². The molecule has 6 heterocycles. The highest BCUT2D eigenvalue weighted by Crippen LogP contribution is 2.43. The average Bonchev–Trinajstić information content (AvgIpc) is 3.64. The molecule has 212 valence electrons. The lowest BCUT2D eigenvalue weighted by Crippen LogP contribution is -2.51. The van der Waals surface area contributed by atoms with Crippen molar-refractivity contribution in [3.8, 4) is 23.2 Å². The minimum Gasteiger partial charge on any atom is -0.476 e. The number of piperazine rings is 1. The van der Waals surface area contributed by atoms with E-state index in [1.807, 2.05) is 6.92 Å². The van der Waals surface area contributed by atoms with Crippen molar-refractivity contribution < 1.29 is 13.5 Å². The zero-order valence-corrected chi connectivity index (χ0v) is 23.8. The van der Waals surface area contributed by atoms with Crippen molar-refractivity contribution in [3.63, 3.8) is 0 Å². The Bertz CT molecular complexity index is 1720. The number of nitrogens with two attached hydrogens (primary N) is 1. The lowest BCUT2D eigenvalue weighted by atomic mass is 9.99. The first-order chi connectivity index (χ1) is 19.8. The summed E-state index contributed by atoms with van der Waals surface area (Å²) in [6.07, 6.45) is 6.02. The molecule has 1 aromatic carbocycles. The second-order valence-corrected chi connectivity index (χ2v) is 12.5. The van der Waals surface area contributed by atoms with Crippen LogP contribution in [0.15, 0.2) is 18.3 Å². The topological polar surface area (TPSA) is 103 Å². The number of nitrogens with zero attached hydrogens (tertiary/aromatic N) is 5. The summed E-state index contributed by atoms with van der Waals surface area (Å²) < 4.78 is 38.1. The van der Waals surface area contributed by atoms with Gasteiger partial charge in [-0.2, -0.15) is 10.2 Å². The molecule has 3 aromatic heterocycles. The number of nitriles is 1. The van der Waals surface area contributed by atoms with Gasteiger partial charge in [-0.15, -0.1) is 11.3 Å². The van der Waals surface area contributed by atoms with Gasteiger partial charge in [0, 0.05) is 64.7 Å². The summed E-state index contributed by atoms with van der Waals surface area (Å²) in [6.45, 7) is 4.87. The number of ether oxygens (including phenoxy) is 1. The van der Waals surface area contributed by atoms with Crippen molar-refractivity contribution in [1.29, 1.82) is 5.26 Å². The number of nitrogens with one attached hydrogen (secondary N) is 1. The smallest absolute Gasteiger partial charge is 0.219 e. The molecule has 8 nitrogen and oxygen atoms in total. The number of aromatic nitrogens is 2. The molecule has 3 aliphatic heterocycles. The lowest BCUT2D eigenvalue weighted by Gasteiger charge is -2.34. The summed E-state index contributed by atoms with van der Waals surface area (Å²) >= 11 is 0.984. The largest absolute Gasteiger partial charge is 0.476 e. The Kier molecular flexibility index (Phi) is 6.45. The Morgan fingerprint density at radius 3 is 2.68 bits per heavy atom. The van der Waals surface area contributed by atoms with Gasteiger partial charge in [0.05, 0.1) is 10.3 Å². The highest BCUT2D eigenvalue weighted by Gasteiger charge is 2.35. The van der Waals surface area contributed by atoms with Gasteiger partial charge in [-0.1, -0.05) is 0 Å². The number of nitrogen functional groups attached to an aromatic ring is 1. The van der Waals surface area contributed by atoms with Gasteiger partial charge >= 0.3 is 0 Å². The van der Waals surface area contributed by atoms with Gasteiger partial charge in [-0.3, -0.25) is 4.98 Å². The number of aryl methyl sites for hydroxylation is 1. The van der Waals surface area contributed by atoms with Gasteiger partial charge in [0.1, 0.15) is 35.0 Å². The number of rotatable bonds is 5. The third kappa shape index (κ3) is 4.28. The van der Waals surface area contributed by atoms with Gasteiger partial charge in [0.25, 0.3) is 0 Å². The Hall–Kier alpha value is -3.59. The molecule has 3 aliphatic rings. The minimum atomic E-state index is -0.550. The summed E-state index contributed by atoms with van der Waals surface area (Å²) in [5.41, 5.74) is 7.15. The Balaban J connectivity index is 1.41. The molecule has 3 saturated heterocycles. The van der Waals surface area contributed by atoms with Gasteiger partial charge in [-0.05, 0) is 58.3 Å². The molecule has 0 saturated carbocycles. The monoisotopic (exact) mass is 575 g/mol. The van der Waals surface area contributed by atoms with Crippen LogP contribution in [0.4, 0.5) is 19.6 Å². The molecular formula is C30H31F2N7OS. The van der Waals surface area contributed by atoms with E-state index in [4.69, 9.17) is 15.5 Å². The third-order valence-electron chi connectivity index (χ3n) is 8.95. The summed E-state index contributed by atoms with van der Waals surface area (Å²) in [5.74, 6) is 0.0211. The van der Waals surface area contributed by atoms with E-state index in [0.29, 0.717) is 52.3 Å². The first-order valence-corrected chi connectivity index (χ1v) is 14.9. The number of halogens is 2. The molecule has 11 heteroatoms. The second-order valence-electron chi connectivity index (χ2n) is 11.5. The number of likely N-dealkylation sites (tertiary alicyclic amines) is 1. The second kappa shape index (κ2) is 10.0. The zero-order valence-electron chi connectivity index (χ0n) is 23.0. The standard InChI is InChI=1S/C30H31F2N7OS/c1-15-23-21(11-35-26(25(23)32)19-7-8-22(31)27-24(19)20(10-33)28(34)41-27)29(39-12-16-5-6-17(13-39)36-16)37-30(15)40-14-18-4-3-9-38(18)2/h7-8,11,16-18,36H,3-6,9,12-14,34H2,1-2H3/t16?,17?,18-/m0/s1. The molecule has 3 fully saturated rings. The normalized spacial score (nSPS) is 22.6. The van der Waals surface area contributed by atoms with Crippen LogP contribution in [0.1, 0.15) is 36.8 Å². The summed E-state index contributed by atoms with van der Waals surface area (Å²) in [5, 5.41) is 14.9. The number of fused-ring (bicyclic) bond motifs is 4. The fourth-order valence-corrected chi connectivity index (χ4v) is 7.72. The van der Waals surface area contributed by atoms with Crippen LogP contribution in [0.25, 0.3) is 32.1 Å². The number of hydrogen-bond donors (Lipinski definition) is 2. The molecular weight excluding hydrogens is 544 g/mol. The maximum absolute atomic E-state index is 16.8. The number of anilines is 2. The van der Waals surface area contributed by atoms with E-state index in [0.717, 1.165) is 56.7 Å². The third-order valence-corrected chi connectivity index (χ3v) is 9.98. The molecule has 0 amide bonds. The predicted molar refractivity (Wildman–Crippen MR) is 157 cm³/mol. The van der Waals surface area contributed by atoms with Crippen LogP contribution in [0.3, 0.4) is 0 Å². The first kappa shape index (κ1) is 26.3. The molecule has 3 N–H and O–H groups in total. The fourth-order valence-electron chi connectivity index (χ4n) is 6.77. The Labute approximate surface area is 240 Å². The number of thiophene rings is 1. The predicted octanol–water partition coefficient (Wildman–Crippen LogP) is 4.97. The molecule has 0 spiro atoms. The SMILES string of the molecule is Cc1c(OC[C@@H]2CCCN2C)nc(N2CC3CCC(C2)N3)c2cnc(-c3ccc(F)c4sc(N)c(C#N)c34)c(F)c12. The number of benzene rings is 1. The Morgan fingerprint density at radius 2 is 1.98 bits per heavy atom. The zero-order chi connectivity index (χ0) is 28.4. The Morgan fingerprint density at radius 1 is 1.20 bits per heavy atom. The van der Waals surface area contributed by atoms with E-state index in [1.165, 1.54) is 12.1 Å². The van der Waals surface area contributed by atoms with E-state index >= 15 is 4.39 Å². The maximum Gasteiger partial charge on any atom is 0.219 e. The van der Waals surface area contributed by atoms with Crippen LogP contribution < -0.4 is 20.7 Å². The van der Waals surface area contributed by atoms with Crippen LogP contribution >= 0.6 is 11.3 Å². The molecule has 4 aromatic rings. The highest BCUT2D eigenvalue weighted by molar-refractivity contribution is 7.23. The van der Waals surface area contributed by atoms with Crippen LogP contribution in [0.5, 0.6) is 5.88 Å². The maximum atomic E-state index is 16.8. The van der Waals surface area contributed by atoms with E-state index in [2.05, 4.69) is 33.2 Å². The van der Waals surface area contributed by atoms with E-state index in [9.17, 15) is 9.65 Å². The highest BCUT2D eigenvalue weighted by atomic mass is 32.1. The number of pyridine rings is 2. The fraction of sp³-hybridized carbons (Fsp3) is 0.433. The van der Waals surface area contributed by atoms with Gasteiger partial charge in [-0.25, -0.2) is 8.78 Å². The first-order valence-electron chi connectivity index (χ1n) is 14.1. The summed E-state index contributed by atoms with van der Waals surface area (Å²) in [4.78, 5) is 14.1. The van der Waals surface area contributed by atoms with Gasteiger partial charge in [0.2, 0.25) is 5.88 Å². The molecule has 41 heavy (non-hydrogen) atoms. The summed E-state index contributed by atoms with van der Waals surface area (Å²) in [7, 11) is 2.09. The average molecular weight is 576 g/mol. The van der Waals surface area contributed by atoms with Crippen LogP contribution in [0, 0.1) is 29.9 Å². The van der Waals surface area contributed by atoms with Crippen molar-refractivity contribution >= 4 is 43.0 Å². The van der Waals surface area contributed by atoms with E-state index < -0.39 is 11.6 Å². The molecule has 0 aliphatic carbocycles. The van der Waals surface area contributed by atoms with Gasteiger partial charge < -0.3 is 25.6 Å². The molecule has 7 rings (SSSR count). The summed E-state index contributed by atoms with van der Waals surface area (Å²) in [6, 6.07) is 5.82. The quantitative estimate of drug-likeness (QED) is 0.344. The molecule has 2 bridgehead atoms. The van der Waals surface area contributed by atoms with E-state index in [-0.39, 0.29) is 32.4 Å². The lowest BCUT2D eigenvalue weighted by molar-refractivity contribution is 0.192. The number of hydrogen-bond acceptors (Lipinski definition) is 9. The van der Waals surface area contributed by atoms with Crippen molar-refractivity contribution in [1.82, 2.24) is 20.2 Å². The van der Waals surface area contributed by atoms with Crippen molar-refractivity contribution in [2.75, 3.05) is 43.9 Å². The minimum absolute atomic E-state index is 0.0407. The van der Waals surface area contributed by atoms with Crippen LogP contribution in [0.2, 0.25) is 0 Å². The van der Waals surface area contributed by atoms with Crippen molar-refractivity contribution in [3.05, 3.63) is 41.1 Å². The number of likely N-dealkylation sites (N-methyl/N-ethyl adjacent to an activating group) is 1.